The highest BCUT2D eigenvalue weighted by Gasteiger charge is 1.75. The molecule has 7 heavy (non-hydrogen) atoms. The van der Waals surface area contributed by atoms with Gasteiger partial charge in [-0.15, -0.1) is 0 Å². The van der Waals surface area contributed by atoms with Crippen LogP contribution in [0.3, 0.4) is 0 Å². The Hall–Kier alpha value is -0.920. The Morgan fingerprint density at radius 3 is 2.57 bits per heavy atom. The van der Waals surface area contributed by atoms with Crippen molar-refractivity contribution in [3.63, 3.8) is 0 Å². The summed E-state index contributed by atoms with van der Waals surface area (Å²) in [6, 6.07) is 0. The second-order valence-corrected chi connectivity index (χ2v) is 0.996. The van der Waals surface area contributed by atoms with Crippen molar-refractivity contribution in [3.8, 4) is 0 Å². The average molecular weight is 97.1 g/mol. The molecule has 0 heterocycles. The summed E-state index contributed by atoms with van der Waals surface area (Å²) in [7, 11) is 0. The number of allylic oxidation sites excluding steroid dienone is 1. The molecule has 0 amide bonds. The molecule has 0 atom stereocenters. The molecular formula is C5H7NO. The predicted molar refractivity (Wildman–Crippen MR) is 29.4 cm³/mol. The van der Waals surface area contributed by atoms with Gasteiger partial charge in [0.25, 0.3) is 0 Å². The zero-order valence-corrected chi connectivity index (χ0v) is 4.22. The molecule has 0 aromatic heterocycles. The second-order valence-electron chi connectivity index (χ2n) is 0.996. The van der Waals surface area contributed by atoms with Gasteiger partial charge in [-0.2, -0.15) is 0 Å². The van der Waals surface area contributed by atoms with E-state index >= 15 is 0 Å². The lowest BCUT2D eigenvalue weighted by Crippen LogP contribution is -1.73. The number of hydrogen-bond donors (Lipinski definition) is 0. The molecule has 0 spiro atoms. The van der Waals surface area contributed by atoms with Crippen molar-refractivity contribution in [1.82, 2.24) is 0 Å². The third-order valence-corrected chi connectivity index (χ3v) is 0.431. The van der Waals surface area contributed by atoms with Crippen LogP contribution in [0, 0.1) is 0 Å². The molecule has 0 aromatic carbocycles. The predicted octanol–water partition coefficient (Wildman–Crippen LogP) is 0.790. The normalized spacial score (nSPS) is 9.29. The summed E-state index contributed by atoms with van der Waals surface area (Å²) in [4.78, 5) is 13.2. The summed E-state index contributed by atoms with van der Waals surface area (Å²) in [5.41, 5.74) is 0.266. The number of carbonyl (C=O) groups is 1. The van der Waals surface area contributed by atoms with Crippen LogP contribution in [0.5, 0.6) is 0 Å². The first-order chi connectivity index (χ1) is 3.31. The summed E-state index contributed by atoms with van der Waals surface area (Å²) in [6.07, 6.45) is 2.14. The van der Waals surface area contributed by atoms with Crippen LogP contribution in [0.2, 0.25) is 0 Å². The van der Waals surface area contributed by atoms with Crippen LogP contribution in [0.15, 0.2) is 17.3 Å². The van der Waals surface area contributed by atoms with Gasteiger partial charge in [0, 0.05) is 6.21 Å². The smallest absolute Gasteiger partial charge is 0.167 e. The molecular weight excluding hydrogens is 90.1 g/mol. The monoisotopic (exact) mass is 97.1 g/mol. The minimum Gasteiger partial charge on any atom is -0.296 e. The van der Waals surface area contributed by atoms with E-state index in [0.717, 1.165) is 0 Å². The lowest BCUT2D eigenvalue weighted by Gasteiger charge is -1.76. The molecule has 0 bridgehead atoms. The first-order valence-corrected chi connectivity index (χ1v) is 1.94. The highest BCUT2D eigenvalue weighted by Crippen LogP contribution is 1.80. The number of carbonyl (C=O) groups excluding carboxylic acids is 1. The molecule has 0 aliphatic heterocycles. The average Bonchev–Trinajstić information content (AvgIpc) is 1.68. The summed E-state index contributed by atoms with van der Waals surface area (Å²) in [5.74, 6) is 0. The molecule has 2 nitrogen and oxygen atoms in total. The van der Waals surface area contributed by atoms with Crippen LogP contribution in [0.25, 0.3) is 0 Å². The number of aliphatic imine (C=N–C) groups is 1. The van der Waals surface area contributed by atoms with Crippen molar-refractivity contribution in [2.24, 2.45) is 4.99 Å². The van der Waals surface area contributed by atoms with Gasteiger partial charge in [0.15, 0.2) is 6.29 Å². The number of aldehydes is 1. The van der Waals surface area contributed by atoms with E-state index in [2.05, 4.69) is 11.6 Å². The van der Waals surface area contributed by atoms with E-state index in [-0.39, 0.29) is 5.70 Å². The number of rotatable bonds is 2. The molecule has 0 fully saturated rings. The summed E-state index contributed by atoms with van der Waals surface area (Å²) in [6.45, 7) is 5.03. The zero-order chi connectivity index (χ0) is 5.70. The molecule has 2 heteroatoms. The fourth-order valence-corrected chi connectivity index (χ4v) is 0.196. The molecule has 0 radical (unpaired) electrons. The molecule has 0 saturated heterocycles. The summed E-state index contributed by atoms with van der Waals surface area (Å²) in [5, 5.41) is 0. The maximum Gasteiger partial charge on any atom is 0.167 e. The third kappa shape index (κ3) is 2.89. The topological polar surface area (TPSA) is 29.4 Å². The van der Waals surface area contributed by atoms with Gasteiger partial charge in [-0.3, -0.25) is 9.79 Å². The van der Waals surface area contributed by atoms with Gasteiger partial charge in [0.05, 0.1) is 5.70 Å². The van der Waals surface area contributed by atoms with Crippen LogP contribution in [-0.4, -0.2) is 12.5 Å². The van der Waals surface area contributed by atoms with E-state index in [4.69, 9.17) is 0 Å². The van der Waals surface area contributed by atoms with E-state index in [1.165, 1.54) is 6.21 Å². The molecule has 0 saturated carbocycles. The largest absolute Gasteiger partial charge is 0.296 e. The van der Waals surface area contributed by atoms with Gasteiger partial charge in [0.1, 0.15) is 0 Å². The van der Waals surface area contributed by atoms with Crippen molar-refractivity contribution in [3.05, 3.63) is 12.3 Å². The van der Waals surface area contributed by atoms with Crippen molar-refractivity contribution >= 4 is 12.5 Å². The fourth-order valence-electron chi connectivity index (χ4n) is 0.196. The van der Waals surface area contributed by atoms with Gasteiger partial charge in [-0.05, 0) is 6.92 Å². The Balaban J connectivity index is 3.58. The molecule has 0 aliphatic carbocycles. The van der Waals surface area contributed by atoms with Crippen molar-refractivity contribution in [1.29, 1.82) is 0 Å². The van der Waals surface area contributed by atoms with Crippen molar-refractivity contribution in [2.45, 2.75) is 6.92 Å². The molecule has 38 valence electrons. The number of hydrogen-bond acceptors (Lipinski definition) is 2. The summed E-state index contributed by atoms with van der Waals surface area (Å²) >= 11 is 0. The maximum absolute atomic E-state index is 9.68. The Morgan fingerprint density at radius 1 is 1.86 bits per heavy atom. The Labute approximate surface area is 42.6 Å². The molecule has 0 rings (SSSR count). The van der Waals surface area contributed by atoms with E-state index in [1.807, 2.05) is 0 Å². The number of nitrogens with zero attached hydrogens (tertiary/aromatic N) is 1. The molecule has 0 N–H and O–H groups in total. The van der Waals surface area contributed by atoms with E-state index < -0.39 is 0 Å². The molecule has 0 aromatic rings. The van der Waals surface area contributed by atoms with Crippen LogP contribution in [0.4, 0.5) is 0 Å². The maximum atomic E-state index is 9.68. The fraction of sp³-hybridized carbons (Fsp3) is 0.200. The van der Waals surface area contributed by atoms with Crippen LogP contribution < -0.4 is 0 Å². The third-order valence-electron chi connectivity index (χ3n) is 0.431. The zero-order valence-electron chi connectivity index (χ0n) is 4.22. The van der Waals surface area contributed by atoms with E-state index in [9.17, 15) is 4.79 Å². The Bertz CT molecular complexity index is 105. The minimum atomic E-state index is 0.266. The van der Waals surface area contributed by atoms with Gasteiger partial charge < -0.3 is 0 Å². The lowest BCUT2D eigenvalue weighted by molar-refractivity contribution is -0.104. The first-order valence-electron chi connectivity index (χ1n) is 1.94. The summed E-state index contributed by atoms with van der Waals surface area (Å²) < 4.78 is 0. The van der Waals surface area contributed by atoms with Crippen LogP contribution >= 0.6 is 0 Å². The van der Waals surface area contributed by atoms with Gasteiger partial charge in [-0.1, -0.05) is 6.58 Å². The van der Waals surface area contributed by atoms with Crippen LogP contribution in [-0.2, 0) is 4.79 Å². The minimum absolute atomic E-state index is 0.266. The Kier molecular flexibility index (Phi) is 2.85. The van der Waals surface area contributed by atoms with Crippen LogP contribution in [0.1, 0.15) is 6.92 Å². The highest BCUT2D eigenvalue weighted by atomic mass is 16.1. The highest BCUT2D eigenvalue weighted by molar-refractivity contribution is 5.75. The Morgan fingerprint density at radius 2 is 2.43 bits per heavy atom. The van der Waals surface area contributed by atoms with E-state index in [1.54, 1.807) is 6.92 Å². The van der Waals surface area contributed by atoms with Gasteiger partial charge >= 0.3 is 0 Å². The van der Waals surface area contributed by atoms with Crippen molar-refractivity contribution < 1.29 is 4.79 Å². The first kappa shape index (κ1) is 6.08. The van der Waals surface area contributed by atoms with Gasteiger partial charge in [-0.25, -0.2) is 0 Å². The standard InChI is InChI=1S/C5H7NO/c1-3-6-5(2)4-7/h3-4H,2H2,1H3. The molecule has 0 unspecified atom stereocenters. The second kappa shape index (κ2) is 3.28. The van der Waals surface area contributed by atoms with Gasteiger partial charge in [0.2, 0.25) is 0 Å². The SMILES string of the molecule is C=C(C=O)N=CC. The van der Waals surface area contributed by atoms with Crippen molar-refractivity contribution in [2.75, 3.05) is 0 Å². The molecule has 0 aliphatic rings. The quantitative estimate of drug-likeness (QED) is 0.284. The van der Waals surface area contributed by atoms with E-state index in [0.29, 0.717) is 6.29 Å². The lowest BCUT2D eigenvalue weighted by atomic mass is 10.6.